The van der Waals surface area contributed by atoms with Crippen LogP contribution in [0.2, 0.25) is 0 Å². The van der Waals surface area contributed by atoms with Gasteiger partial charge in [-0.2, -0.15) is 0 Å². The van der Waals surface area contributed by atoms with E-state index in [0.717, 1.165) is 18.6 Å². The zero-order valence-corrected chi connectivity index (χ0v) is 20.6. The fourth-order valence-corrected chi connectivity index (χ4v) is 5.70. The second-order valence-corrected chi connectivity index (χ2v) is 9.50. The molecular formula is C28H35N3O3. The van der Waals surface area contributed by atoms with E-state index in [2.05, 4.69) is 54.0 Å². The number of terminal acetylenes is 1. The molecular weight excluding hydrogens is 426 g/mol. The van der Waals surface area contributed by atoms with Gasteiger partial charge in [-0.05, 0) is 75.3 Å². The third kappa shape index (κ3) is 4.96. The fourth-order valence-electron chi connectivity index (χ4n) is 5.70. The van der Waals surface area contributed by atoms with Crippen LogP contribution in [0.15, 0.2) is 30.6 Å². The van der Waals surface area contributed by atoms with Gasteiger partial charge in [0.2, 0.25) is 0 Å². The lowest BCUT2D eigenvalue weighted by atomic mass is 9.91. The number of rotatable bonds is 8. The number of pyridine rings is 1. The molecule has 1 N–H and O–H groups in total. The first-order chi connectivity index (χ1) is 16.4. The van der Waals surface area contributed by atoms with Crippen molar-refractivity contribution in [2.75, 3.05) is 20.3 Å². The lowest BCUT2D eigenvalue weighted by Crippen LogP contribution is -2.51. The highest BCUT2D eigenvalue weighted by Gasteiger charge is 2.43. The molecule has 180 valence electrons. The molecule has 3 heterocycles. The summed E-state index contributed by atoms with van der Waals surface area (Å²) < 4.78 is 11.0. The van der Waals surface area contributed by atoms with Gasteiger partial charge in [0.25, 0.3) is 5.91 Å². The van der Waals surface area contributed by atoms with Crippen LogP contribution in [-0.4, -0.2) is 54.2 Å². The van der Waals surface area contributed by atoms with E-state index in [-0.39, 0.29) is 11.9 Å². The lowest BCUT2D eigenvalue weighted by molar-refractivity contribution is 0.0689. The molecule has 6 nitrogen and oxygen atoms in total. The molecule has 2 aliphatic rings. The summed E-state index contributed by atoms with van der Waals surface area (Å²) in [6, 6.07) is 7.45. The number of methoxy groups -OCH3 is 1. The van der Waals surface area contributed by atoms with Crippen molar-refractivity contribution in [1.29, 1.82) is 0 Å². The number of hydrogen-bond acceptors (Lipinski definition) is 5. The highest BCUT2D eigenvalue weighted by Crippen LogP contribution is 2.43. The van der Waals surface area contributed by atoms with Gasteiger partial charge in [0.05, 0.1) is 12.2 Å². The molecule has 2 bridgehead atoms. The smallest absolute Gasteiger partial charge is 0.253 e. The van der Waals surface area contributed by atoms with Gasteiger partial charge in [-0.25, -0.2) is 0 Å². The zero-order chi connectivity index (χ0) is 24.2. The molecule has 2 aromatic rings. The predicted octanol–water partition coefficient (Wildman–Crippen LogP) is 4.19. The van der Waals surface area contributed by atoms with Crippen molar-refractivity contribution < 1.29 is 14.3 Å². The van der Waals surface area contributed by atoms with Gasteiger partial charge in [-0.1, -0.05) is 12.0 Å². The number of fused-ring (bicyclic) bond motifs is 2. The minimum absolute atomic E-state index is 0.0916. The Morgan fingerprint density at radius 3 is 2.62 bits per heavy atom. The summed E-state index contributed by atoms with van der Waals surface area (Å²) in [7, 11) is 1.68. The Morgan fingerprint density at radius 2 is 1.94 bits per heavy atom. The van der Waals surface area contributed by atoms with E-state index in [1.165, 1.54) is 29.5 Å². The van der Waals surface area contributed by atoms with Crippen LogP contribution in [0.25, 0.3) is 0 Å². The number of nitrogens with one attached hydrogen (secondary N) is 1. The highest BCUT2D eigenvalue weighted by atomic mass is 16.5. The van der Waals surface area contributed by atoms with Crippen molar-refractivity contribution in [1.82, 2.24) is 15.2 Å². The van der Waals surface area contributed by atoms with Crippen molar-refractivity contribution in [3.8, 4) is 18.1 Å². The monoisotopic (exact) mass is 461 g/mol. The first-order valence-corrected chi connectivity index (χ1v) is 12.1. The summed E-state index contributed by atoms with van der Waals surface area (Å²) in [6.07, 6.45) is 12.9. The molecule has 2 saturated heterocycles. The first-order valence-electron chi connectivity index (χ1n) is 12.1. The van der Waals surface area contributed by atoms with Crippen LogP contribution >= 0.6 is 0 Å². The van der Waals surface area contributed by atoms with Crippen molar-refractivity contribution in [2.24, 2.45) is 0 Å². The fraction of sp³-hybridized carbons (Fsp3) is 0.500. The van der Waals surface area contributed by atoms with E-state index in [4.69, 9.17) is 15.9 Å². The number of nitrogens with zero attached hydrogens (tertiary/aromatic N) is 2. The maximum absolute atomic E-state index is 12.8. The molecule has 4 rings (SSSR count). The SMILES string of the molecule is C#Cc1cncc(C(=O)NC2CC3CCC(C2)N3C(C)c2ccc(OCCOC)c(C)c2C)c1. The largest absolute Gasteiger partial charge is 0.491 e. The normalized spacial score (nSPS) is 22.7. The van der Waals surface area contributed by atoms with Crippen LogP contribution in [-0.2, 0) is 4.74 Å². The number of hydrogen-bond donors (Lipinski definition) is 1. The molecule has 0 saturated carbocycles. The zero-order valence-electron chi connectivity index (χ0n) is 20.6. The third-order valence-electron chi connectivity index (χ3n) is 7.51. The third-order valence-corrected chi connectivity index (χ3v) is 7.51. The number of amides is 1. The molecule has 34 heavy (non-hydrogen) atoms. The van der Waals surface area contributed by atoms with Gasteiger partial charge in [-0.3, -0.25) is 14.7 Å². The minimum Gasteiger partial charge on any atom is -0.491 e. The second-order valence-electron chi connectivity index (χ2n) is 9.50. The number of ether oxygens (including phenoxy) is 2. The molecule has 0 spiro atoms. The Hall–Kier alpha value is -2.88. The summed E-state index contributed by atoms with van der Waals surface area (Å²) in [6.45, 7) is 7.77. The minimum atomic E-state index is -0.0916. The van der Waals surface area contributed by atoms with Crippen LogP contribution < -0.4 is 10.1 Å². The van der Waals surface area contributed by atoms with Gasteiger partial charge in [0.15, 0.2) is 0 Å². The molecule has 2 aliphatic heterocycles. The predicted molar refractivity (Wildman–Crippen MR) is 133 cm³/mol. The molecule has 3 atom stereocenters. The summed E-state index contributed by atoms with van der Waals surface area (Å²) in [4.78, 5) is 19.6. The Balaban J connectivity index is 1.43. The highest BCUT2D eigenvalue weighted by molar-refractivity contribution is 5.94. The van der Waals surface area contributed by atoms with Gasteiger partial charge >= 0.3 is 0 Å². The molecule has 1 aromatic heterocycles. The van der Waals surface area contributed by atoms with Gasteiger partial charge < -0.3 is 14.8 Å². The molecule has 3 unspecified atom stereocenters. The quantitative estimate of drug-likeness (QED) is 0.472. The van der Waals surface area contributed by atoms with E-state index in [1.807, 2.05) is 0 Å². The number of piperidine rings is 1. The van der Waals surface area contributed by atoms with Crippen LogP contribution in [0.1, 0.15) is 71.3 Å². The number of carbonyl (C=O) groups excluding carboxylic acids is 1. The van der Waals surface area contributed by atoms with Gasteiger partial charge in [0.1, 0.15) is 12.4 Å². The first kappa shape index (κ1) is 24.3. The summed E-state index contributed by atoms with van der Waals surface area (Å²) in [5, 5.41) is 3.24. The standard InChI is InChI=1S/C28H35N3O3/c1-6-21-13-22(17-29-16-21)28(32)30-23-14-24-7-8-25(15-23)31(24)20(4)26-9-10-27(19(3)18(26)2)34-12-11-33-5/h1,9-10,13,16-17,20,23-25H,7-8,11-12,14-15H2,2-5H3,(H,30,32). The van der Waals surface area contributed by atoms with E-state index >= 15 is 0 Å². The Labute approximate surface area is 203 Å². The van der Waals surface area contributed by atoms with Crippen molar-refractivity contribution in [3.63, 3.8) is 0 Å². The summed E-state index contributed by atoms with van der Waals surface area (Å²) in [5.41, 5.74) is 4.98. The second kappa shape index (κ2) is 10.6. The molecule has 0 radical (unpaired) electrons. The maximum atomic E-state index is 12.8. The average molecular weight is 462 g/mol. The van der Waals surface area contributed by atoms with Crippen LogP contribution in [0, 0.1) is 26.2 Å². The Bertz CT molecular complexity index is 1060. The average Bonchev–Trinajstić information content (AvgIpc) is 3.11. The summed E-state index contributed by atoms with van der Waals surface area (Å²) >= 11 is 0. The number of benzene rings is 1. The van der Waals surface area contributed by atoms with Crippen LogP contribution in [0.4, 0.5) is 0 Å². The maximum Gasteiger partial charge on any atom is 0.253 e. The molecule has 6 heteroatoms. The van der Waals surface area contributed by atoms with E-state index in [1.54, 1.807) is 25.6 Å². The van der Waals surface area contributed by atoms with Crippen molar-refractivity contribution in [2.45, 2.75) is 70.6 Å². The number of carbonyl (C=O) groups is 1. The van der Waals surface area contributed by atoms with Crippen molar-refractivity contribution in [3.05, 3.63) is 58.4 Å². The molecule has 0 aliphatic carbocycles. The summed E-state index contributed by atoms with van der Waals surface area (Å²) in [5.74, 6) is 3.38. The number of aromatic nitrogens is 1. The Kier molecular flexibility index (Phi) is 7.55. The molecule has 1 aromatic carbocycles. The van der Waals surface area contributed by atoms with Crippen LogP contribution in [0.3, 0.4) is 0 Å². The molecule has 1 amide bonds. The molecule has 2 fully saturated rings. The Morgan fingerprint density at radius 1 is 1.21 bits per heavy atom. The van der Waals surface area contributed by atoms with E-state index in [0.29, 0.717) is 42.5 Å². The topological polar surface area (TPSA) is 63.7 Å². The van der Waals surface area contributed by atoms with Crippen molar-refractivity contribution >= 4 is 5.91 Å². The van der Waals surface area contributed by atoms with E-state index < -0.39 is 0 Å². The van der Waals surface area contributed by atoms with E-state index in [9.17, 15) is 4.79 Å². The van der Waals surface area contributed by atoms with Gasteiger partial charge in [-0.15, -0.1) is 6.42 Å². The lowest BCUT2D eigenvalue weighted by Gasteiger charge is -2.43. The van der Waals surface area contributed by atoms with Crippen LogP contribution in [0.5, 0.6) is 5.75 Å². The van der Waals surface area contributed by atoms with Gasteiger partial charge in [0, 0.05) is 49.2 Å².